The van der Waals surface area contributed by atoms with Gasteiger partial charge in [-0.2, -0.15) is 13.2 Å². The highest BCUT2D eigenvalue weighted by Gasteiger charge is 2.39. The van der Waals surface area contributed by atoms with Gasteiger partial charge in [-0.15, -0.1) is 0 Å². The van der Waals surface area contributed by atoms with Gasteiger partial charge in [0.25, 0.3) is 0 Å². The maximum atomic E-state index is 13.7. The van der Waals surface area contributed by atoms with E-state index in [0.717, 1.165) is 24.3 Å². The van der Waals surface area contributed by atoms with Crippen molar-refractivity contribution in [1.29, 1.82) is 0 Å². The SMILES string of the molecule is COC1=CC=C(C(=O)[O-])CN1[C@@H](c1ccc(F)cc1)c1ncccc1C(F)(F)F. The molecule has 1 atom stereocenters. The zero-order valence-electron chi connectivity index (χ0n) is 15.1. The largest absolute Gasteiger partial charge is 0.545 e. The number of carboxylic acid groups (broad SMARTS) is 1. The molecule has 0 spiro atoms. The van der Waals surface area contributed by atoms with E-state index >= 15 is 0 Å². The molecule has 1 aliphatic rings. The van der Waals surface area contributed by atoms with Gasteiger partial charge in [-0.25, -0.2) is 4.39 Å². The van der Waals surface area contributed by atoms with Gasteiger partial charge in [0, 0.05) is 12.7 Å². The van der Waals surface area contributed by atoms with Gasteiger partial charge in [0.15, 0.2) is 5.88 Å². The first-order chi connectivity index (χ1) is 13.7. The third-order valence-electron chi connectivity index (χ3n) is 4.42. The Kier molecular flexibility index (Phi) is 5.58. The van der Waals surface area contributed by atoms with Crippen molar-refractivity contribution in [2.45, 2.75) is 12.2 Å². The molecular weight excluding hydrogens is 392 g/mol. The Morgan fingerprint density at radius 1 is 1.21 bits per heavy atom. The number of nitrogens with zero attached hydrogens (tertiary/aromatic N) is 2. The van der Waals surface area contributed by atoms with E-state index in [9.17, 15) is 27.5 Å². The molecular formula is C20H15F4N2O3-. The Bertz CT molecular complexity index is 968. The lowest BCUT2D eigenvalue weighted by Crippen LogP contribution is -2.39. The number of alkyl halides is 3. The number of ether oxygens (including phenoxy) is 1. The highest BCUT2D eigenvalue weighted by Crippen LogP contribution is 2.40. The highest BCUT2D eigenvalue weighted by atomic mass is 19.4. The minimum Gasteiger partial charge on any atom is -0.545 e. The first-order valence-corrected chi connectivity index (χ1v) is 8.42. The number of aromatic nitrogens is 1. The summed E-state index contributed by atoms with van der Waals surface area (Å²) in [4.78, 5) is 16.6. The molecule has 0 fully saturated rings. The van der Waals surface area contributed by atoms with Gasteiger partial charge in [-0.05, 0) is 41.5 Å². The van der Waals surface area contributed by atoms with Gasteiger partial charge < -0.3 is 19.5 Å². The molecule has 2 aromatic rings. The maximum absolute atomic E-state index is 13.7. The lowest BCUT2D eigenvalue weighted by molar-refractivity contribution is -0.299. The molecule has 9 heteroatoms. The quantitative estimate of drug-likeness (QED) is 0.714. The van der Waals surface area contributed by atoms with E-state index in [2.05, 4.69) is 4.98 Å². The molecule has 1 aliphatic heterocycles. The van der Waals surface area contributed by atoms with E-state index < -0.39 is 29.6 Å². The predicted octanol–water partition coefficient (Wildman–Crippen LogP) is 2.81. The van der Waals surface area contributed by atoms with Crippen molar-refractivity contribution in [2.24, 2.45) is 0 Å². The molecule has 0 radical (unpaired) electrons. The second-order valence-electron chi connectivity index (χ2n) is 6.20. The molecule has 0 saturated heterocycles. The van der Waals surface area contributed by atoms with Crippen LogP contribution in [0.4, 0.5) is 17.6 Å². The smallest absolute Gasteiger partial charge is 0.418 e. The monoisotopic (exact) mass is 407 g/mol. The number of benzene rings is 1. The summed E-state index contributed by atoms with van der Waals surface area (Å²) in [5.74, 6) is -1.90. The van der Waals surface area contributed by atoms with Gasteiger partial charge in [-0.1, -0.05) is 18.2 Å². The summed E-state index contributed by atoms with van der Waals surface area (Å²) in [6, 6.07) is 5.70. The summed E-state index contributed by atoms with van der Waals surface area (Å²) in [7, 11) is 1.31. The molecule has 2 heterocycles. The summed E-state index contributed by atoms with van der Waals surface area (Å²) >= 11 is 0. The minimum absolute atomic E-state index is 0.128. The van der Waals surface area contributed by atoms with Crippen molar-refractivity contribution in [3.63, 3.8) is 0 Å². The lowest BCUT2D eigenvalue weighted by atomic mass is 9.96. The molecule has 0 bridgehead atoms. The number of carboxylic acids is 1. The molecule has 1 aromatic heterocycles. The zero-order chi connectivity index (χ0) is 21.2. The van der Waals surface area contributed by atoms with Gasteiger partial charge >= 0.3 is 6.18 Å². The number of hydrogen-bond donors (Lipinski definition) is 0. The minimum atomic E-state index is -4.71. The van der Waals surface area contributed by atoms with Gasteiger partial charge in [-0.3, -0.25) is 4.98 Å². The van der Waals surface area contributed by atoms with Crippen molar-refractivity contribution >= 4 is 5.97 Å². The molecule has 0 N–H and O–H groups in total. The first kappa shape index (κ1) is 20.4. The summed E-state index contributed by atoms with van der Waals surface area (Å²) in [5, 5.41) is 11.3. The second kappa shape index (κ2) is 7.94. The van der Waals surface area contributed by atoms with Crippen molar-refractivity contribution in [1.82, 2.24) is 9.88 Å². The maximum Gasteiger partial charge on any atom is 0.418 e. The van der Waals surface area contributed by atoms with E-state index in [1.807, 2.05) is 0 Å². The van der Waals surface area contributed by atoms with Crippen LogP contribution in [-0.2, 0) is 15.7 Å². The number of pyridine rings is 1. The average Bonchev–Trinajstić information content (AvgIpc) is 2.69. The average molecular weight is 407 g/mol. The highest BCUT2D eigenvalue weighted by molar-refractivity contribution is 5.86. The number of rotatable bonds is 5. The Labute approximate surface area is 163 Å². The molecule has 1 aromatic carbocycles. The summed E-state index contributed by atoms with van der Waals surface area (Å²) in [6.07, 6.45) is -0.921. The molecule has 0 saturated carbocycles. The number of carbonyl (C=O) groups excluding carboxylic acids is 1. The summed E-state index contributed by atoms with van der Waals surface area (Å²) in [5.41, 5.74) is -1.23. The third-order valence-corrected chi connectivity index (χ3v) is 4.42. The van der Waals surface area contributed by atoms with Gasteiger partial charge in [0.1, 0.15) is 11.9 Å². The number of allylic oxidation sites excluding steroid dienone is 2. The van der Waals surface area contributed by atoms with Crippen molar-refractivity contribution in [3.05, 3.63) is 88.8 Å². The van der Waals surface area contributed by atoms with E-state index in [1.54, 1.807) is 0 Å². The van der Waals surface area contributed by atoms with E-state index in [0.29, 0.717) is 0 Å². The van der Waals surface area contributed by atoms with Crippen LogP contribution in [0.1, 0.15) is 22.9 Å². The van der Waals surface area contributed by atoms with Crippen LogP contribution < -0.4 is 5.11 Å². The molecule has 29 heavy (non-hydrogen) atoms. The molecule has 0 aliphatic carbocycles. The van der Waals surface area contributed by atoms with Crippen LogP contribution in [0.25, 0.3) is 0 Å². The van der Waals surface area contributed by atoms with Crippen LogP contribution in [0.2, 0.25) is 0 Å². The second-order valence-corrected chi connectivity index (χ2v) is 6.20. The summed E-state index contributed by atoms with van der Waals surface area (Å²) < 4.78 is 59.7. The number of aliphatic carboxylic acids is 1. The molecule has 3 rings (SSSR count). The number of methoxy groups -OCH3 is 1. The van der Waals surface area contributed by atoms with E-state index in [4.69, 9.17) is 4.74 Å². The van der Waals surface area contributed by atoms with E-state index in [-0.39, 0.29) is 29.3 Å². The normalized spacial score (nSPS) is 15.4. The topological polar surface area (TPSA) is 65.5 Å². The Hall–Kier alpha value is -3.36. The third kappa shape index (κ3) is 4.23. The van der Waals surface area contributed by atoms with Crippen LogP contribution in [0.3, 0.4) is 0 Å². The van der Waals surface area contributed by atoms with Gasteiger partial charge in [0.05, 0.1) is 24.3 Å². The fourth-order valence-corrected chi connectivity index (χ4v) is 3.12. The van der Waals surface area contributed by atoms with Crippen LogP contribution in [0.15, 0.2) is 66.2 Å². The predicted molar refractivity (Wildman–Crippen MR) is 92.4 cm³/mol. The Morgan fingerprint density at radius 3 is 2.48 bits per heavy atom. The van der Waals surface area contributed by atoms with Gasteiger partial charge in [0.2, 0.25) is 0 Å². The van der Waals surface area contributed by atoms with Crippen molar-refractivity contribution in [3.8, 4) is 0 Å². The van der Waals surface area contributed by atoms with Crippen molar-refractivity contribution in [2.75, 3.05) is 13.7 Å². The van der Waals surface area contributed by atoms with Crippen LogP contribution in [0, 0.1) is 5.82 Å². The lowest BCUT2D eigenvalue weighted by Gasteiger charge is -2.37. The number of carbonyl (C=O) groups is 1. The number of hydrogen-bond acceptors (Lipinski definition) is 5. The first-order valence-electron chi connectivity index (χ1n) is 8.42. The molecule has 5 nitrogen and oxygen atoms in total. The zero-order valence-corrected chi connectivity index (χ0v) is 15.1. The Balaban J connectivity index is 2.21. The Morgan fingerprint density at radius 2 is 1.90 bits per heavy atom. The molecule has 152 valence electrons. The standard InChI is InChI=1S/C20H16F4N2O3/c1-29-16-9-6-13(19(27)28)11-26(16)18(12-4-7-14(21)8-5-12)17-15(20(22,23)24)3-2-10-25-17/h2-10,18H,11H2,1H3,(H,27,28)/p-1/t18-/m0/s1. The van der Waals surface area contributed by atoms with Crippen molar-refractivity contribution < 1.29 is 32.2 Å². The molecule has 0 amide bonds. The fraction of sp³-hybridized carbons (Fsp3) is 0.200. The summed E-state index contributed by atoms with van der Waals surface area (Å²) in [6.45, 7) is -0.294. The van der Waals surface area contributed by atoms with Crippen LogP contribution in [-0.4, -0.2) is 29.5 Å². The van der Waals surface area contributed by atoms with Crippen LogP contribution in [0.5, 0.6) is 0 Å². The van der Waals surface area contributed by atoms with Crippen LogP contribution >= 0.6 is 0 Å². The van der Waals surface area contributed by atoms with E-state index in [1.165, 1.54) is 42.5 Å². The molecule has 0 unspecified atom stereocenters. The number of halogens is 4. The fourth-order valence-electron chi connectivity index (χ4n) is 3.12.